The van der Waals surface area contributed by atoms with Gasteiger partial charge in [0.2, 0.25) is 5.91 Å². The van der Waals surface area contributed by atoms with E-state index in [0.717, 1.165) is 53.0 Å². The second kappa shape index (κ2) is 11.6. The van der Waals surface area contributed by atoms with Gasteiger partial charge in [-0.05, 0) is 71.8 Å². The number of carbonyl (C=O) groups excluding carboxylic acids is 2. The van der Waals surface area contributed by atoms with Crippen molar-refractivity contribution in [3.63, 3.8) is 0 Å². The summed E-state index contributed by atoms with van der Waals surface area (Å²) in [4.78, 5) is 23.3. The molecular formula is C27H27NO5S. The zero-order valence-corrected chi connectivity index (χ0v) is 19.8. The molecule has 1 aliphatic heterocycles. The molecule has 7 heteroatoms. The van der Waals surface area contributed by atoms with E-state index in [1.54, 1.807) is 0 Å². The summed E-state index contributed by atoms with van der Waals surface area (Å²) in [5.74, 6) is 2.83. The second-order valence-corrected chi connectivity index (χ2v) is 8.91. The Balaban J connectivity index is 1.28. The highest BCUT2D eigenvalue weighted by Gasteiger charge is 2.32. The van der Waals surface area contributed by atoms with Gasteiger partial charge in [-0.25, -0.2) is 0 Å². The van der Waals surface area contributed by atoms with Gasteiger partial charge in [0.05, 0.1) is 13.2 Å². The molecule has 0 aromatic heterocycles. The standard InChI is InChI=1S/C27H27NO5S/c1-2-8-19-17-23(33-21-10-4-3-5-11-21)13-14-24(19)32-16-7-15-31-22-12-6-9-20(18-22)25-26(29)28-27(30)34-25/h3-6,9-14,17-18,25H,2,7-8,15-16H2,1H3,(H,28,29,30)/t25-/m0/s1. The van der Waals surface area contributed by atoms with E-state index in [2.05, 4.69) is 12.2 Å². The second-order valence-electron chi connectivity index (χ2n) is 7.83. The van der Waals surface area contributed by atoms with E-state index in [9.17, 15) is 9.59 Å². The number of benzene rings is 3. The number of hydrogen-bond donors (Lipinski definition) is 1. The lowest BCUT2D eigenvalue weighted by Gasteiger charge is -2.14. The Hall–Kier alpha value is -3.45. The highest BCUT2D eigenvalue weighted by molar-refractivity contribution is 8.15. The van der Waals surface area contributed by atoms with Gasteiger partial charge in [-0.15, -0.1) is 0 Å². The minimum Gasteiger partial charge on any atom is -0.493 e. The quantitative estimate of drug-likeness (QED) is 0.327. The maximum Gasteiger partial charge on any atom is 0.286 e. The normalized spacial score (nSPS) is 15.1. The van der Waals surface area contributed by atoms with Crippen molar-refractivity contribution in [2.24, 2.45) is 0 Å². The van der Waals surface area contributed by atoms with Crippen molar-refractivity contribution in [1.82, 2.24) is 5.32 Å². The smallest absolute Gasteiger partial charge is 0.286 e. The van der Waals surface area contributed by atoms with Crippen LogP contribution in [0.25, 0.3) is 0 Å². The van der Waals surface area contributed by atoms with E-state index in [4.69, 9.17) is 14.2 Å². The summed E-state index contributed by atoms with van der Waals surface area (Å²) in [6, 6.07) is 22.9. The van der Waals surface area contributed by atoms with Crippen LogP contribution < -0.4 is 19.5 Å². The molecule has 1 N–H and O–H groups in total. The topological polar surface area (TPSA) is 73.9 Å². The Morgan fingerprint density at radius 3 is 2.41 bits per heavy atom. The Bertz CT molecular complexity index is 1130. The van der Waals surface area contributed by atoms with E-state index in [-0.39, 0.29) is 11.1 Å². The number of rotatable bonds is 11. The van der Waals surface area contributed by atoms with Crippen LogP contribution in [-0.2, 0) is 11.2 Å². The van der Waals surface area contributed by atoms with E-state index >= 15 is 0 Å². The average molecular weight is 478 g/mol. The van der Waals surface area contributed by atoms with Gasteiger partial charge in [0.1, 0.15) is 28.2 Å². The summed E-state index contributed by atoms with van der Waals surface area (Å²) in [5.41, 5.74) is 1.87. The van der Waals surface area contributed by atoms with Gasteiger partial charge in [-0.3, -0.25) is 14.9 Å². The minimum atomic E-state index is -0.523. The van der Waals surface area contributed by atoms with Crippen LogP contribution in [0.15, 0.2) is 72.8 Å². The molecular weight excluding hydrogens is 450 g/mol. The molecule has 0 saturated carbocycles. The molecule has 1 heterocycles. The molecule has 2 amide bonds. The van der Waals surface area contributed by atoms with Gasteiger partial charge in [0.25, 0.3) is 5.24 Å². The molecule has 176 valence electrons. The van der Waals surface area contributed by atoms with Gasteiger partial charge in [0.15, 0.2) is 0 Å². The number of thioether (sulfide) groups is 1. The Morgan fingerprint density at radius 2 is 1.65 bits per heavy atom. The number of nitrogens with one attached hydrogen (secondary N) is 1. The zero-order chi connectivity index (χ0) is 23.8. The summed E-state index contributed by atoms with van der Waals surface area (Å²) in [5, 5.41) is 1.47. The van der Waals surface area contributed by atoms with Crippen LogP contribution in [-0.4, -0.2) is 24.4 Å². The highest BCUT2D eigenvalue weighted by atomic mass is 32.2. The van der Waals surface area contributed by atoms with Gasteiger partial charge in [-0.2, -0.15) is 0 Å². The highest BCUT2D eigenvalue weighted by Crippen LogP contribution is 2.35. The molecule has 6 nitrogen and oxygen atoms in total. The summed E-state index contributed by atoms with van der Waals surface area (Å²) in [6.45, 7) is 3.13. The van der Waals surface area contributed by atoms with Crippen molar-refractivity contribution >= 4 is 22.9 Å². The molecule has 1 saturated heterocycles. The van der Waals surface area contributed by atoms with Gasteiger partial charge in [0, 0.05) is 6.42 Å². The largest absolute Gasteiger partial charge is 0.493 e. The fraction of sp³-hybridized carbons (Fsp3) is 0.259. The molecule has 34 heavy (non-hydrogen) atoms. The summed E-state index contributed by atoms with van der Waals surface area (Å²) >= 11 is 0.987. The molecule has 0 spiro atoms. The van der Waals surface area contributed by atoms with Crippen LogP contribution in [0.5, 0.6) is 23.0 Å². The summed E-state index contributed by atoms with van der Waals surface area (Å²) < 4.78 is 17.8. The number of carbonyl (C=O) groups is 2. The van der Waals surface area contributed by atoms with E-state index in [0.29, 0.717) is 25.4 Å². The Morgan fingerprint density at radius 1 is 0.853 bits per heavy atom. The number of imide groups is 1. The Kier molecular flexibility index (Phi) is 8.09. The molecule has 0 radical (unpaired) electrons. The molecule has 3 aromatic carbocycles. The third-order valence-corrected chi connectivity index (χ3v) is 6.23. The Labute approximate surface area is 203 Å². The molecule has 1 fully saturated rings. The van der Waals surface area contributed by atoms with Crippen molar-refractivity contribution in [3.05, 3.63) is 83.9 Å². The minimum absolute atomic E-state index is 0.288. The predicted octanol–water partition coefficient (Wildman–Crippen LogP) is 6.30. The SMILES string of the molecule is CCCc1cc(Oc2ccccc2)ccc1OCCCOc1cccc([C@@H]2SC(=O)NC2=O)c1. The van der Waals surface area contributed by atoms with Gasteiger partial charge in [-0.1, -0.05) is 43.7 Å². The van der Waals surface area contributed by atoms with Crippen molar-refractivity contribution in [2.75, 3.05) is 13.2 Å². The number of amides is 2. The zero-order valence-electron chi connectivity index (χ0n) is 19.0. The third kappa shape index (κ3) is 6.32. The van der Waals surface area contributed by atoms with E-state index < -0.39 is 5.25 Å². The fourth-order valence-corrected chi connectivity index (χ4v) is 4.45. The maximum atomic E-state index is 11.9. The van der Waals surface area contributed by atoms with Crippen LogP contribution in [0.2, 0.25) is 0 Å². The number of ether oxygens (including phenoxy) is 3. The predicted molar refractivity (Wildman–Crippen MR) is 133 cm³/mol. The fourth-order valence-electron chi connectivity index (χ4n) is 3.62. The van der Waals surface area contributed by atoms with Crippen molar-refractivity contribution in [3.8, 4) is 23.0 Å². The van der Waals surface area contributed by atoms with Crippen LogP contribution in [0.1, 0.15) is 36.1 Å². The lowest BCUT2D eigenvalue weighted by molar-refractivity contribution is -0.119. The van der Waals surface area contributed by atoms with Crippen LogP contribution in [0, 0.1) is 0 Å². The maximum absolute atomic E-state index is 11.9. The van der Waals surface area contributed by atoms with E-state index in [1.165, 1.54) is 0 Å². The summed E-state index contributed by atoms with van der Waals surface area (Å²) in [7, 11) is 0. The first-order valence-corrected chi connectivity index (χ1v) is 12.2. The van der Waals surface area contributed by atoms with Crippen molar-refractivity contribution in [1.29, 1.82) is 0 Å². The molecule has 1 atom stereocenters. The molecule has 0 bridgehead atoms. The number of para-hydroxylation sites is 1. The summed E-state index contributed by atoms with van der Waals surface area (Å²) in [6.07, 6.45) is 2.61. The van der Waals surface area contributed by atoms with Crippen LogP contribution >= 0.6 is 11.8 Å². The lowest BCUT2D eigenvalue weighted by Crippen LogP contribution is -2.20. The molecule has 4 rings (SSSR count). The third-order valence-electron chi connectivity index (χ3n) is 5.19. The van der Waals surface area contributed by atoms with Gasteiger partial charge < -0.3 is 14.2 Å². The van der Waals surface area contributed by atoms with Crippen molar-refractivity contribution in [2.45, 2.75) is 31.4 Å². The first-order valence-electron chi connectivity index (χ1n) is 11.4. The van der Waals surface area contributed by atoms with Gasteiger partial charge >= 0.3 is 0 Å². The van der Waals surface area contributed by atoms with Crippen LogP contribution in [0.3, 0.4) is 0 Å². The molecule has 3 aromatic rings. The monoisotopic (exact) mass is 477 g/mol. The average Bonchev–Trinajstić information content (AvgIpc) is 3.19. The molecule has 0 unspecified atom stereocenters. The van der Waals surface area contributed by atoms with E-state index in [1.807, 2.05) is 72.8 Å². The molecule has 1 aliphatic rings. The lowest BCUT2D eigenvalue weighted by atomic mass is 10.1. The number of hydrogen-bond acceptors (Lipinski definition) is 6. The first kappa shape index (κ1) is 23.7. The van der Waals surface area contributed by atoms with Crippen molar-refractivity contribution < 1.29 is 23.8 Å². The van der Waals surface area contributed by atoms with Crippen LogP contribution in [0.4, 0.5) is 4.79 Å². The first-order chi connectivity index (χ1) is 16.6. The number of aryl methyl sites for hydroxylation is 1. The molecule has 0 aliphatic carbocycles.